The lowest BCUT2D eigenvalue weighted by Crippen LogP contribution is -2.32. The predicted octanol–water partition coefficient (Wildman–Crippen LogP) is 1.15. The third kappa shape index (κ3) is 3.23. The summed E-state index contributed by atoms with van der Waals surface area (Å²) in [7, 11) is 0. The Morgan fingerprint density at radius 1 is 1.44 bits per heavy atom. The summed E-state index contributed by atoms with van der Waals surface area (Å²) in [6.45, 7) is 0. The first-order valence-corrected chi connectivity index (χ1v) is 5.11. The summed E-state index contributed by atoms with van der Waals surface area (Å²) in [5, 5.41) is 9.60. The zero-order valence-corrected chi connectivity index (χ0v) is 9.32. The van der Waals surface area contributed by atoms with E-state index in [0.29, 0.717) is 5.02 Å². The highest BCUT2D eigenvalue weighted by Gasteiger charge is 2.20. The third-order valence-electron chi connectivity index (χ3n) is 2.23. The minimum absolute atomic E-state index is 0.0130. The summed E-state index contributed by atoms with van der Waals surface area (Å²) in [6, 6.07) is 8.27. The maximum atomic E-state index is 10.7. The summed E-state index contributed by atoms with van der Waals surface area (Å²) in [4.78, 5) is 10.7. The summed E-state index contributed by atoms with van der Waals surface area (Å²) in [6.07, 6.45) is -0.0130. The number of nitrogens with zero attached hydrogens (tertiary/aromatic N) is 1. The van der Waals surface area contributed by atoms with Crippen molar-refractivity contribution in [2.45, 2.75) is 18.4 Å². The predicted molar refractivity (Wildman–Crippen MR) is 61.6 cm³/mol. The highest BCUT2D eigenvalue weighted by atomic mass is 35.5. The molecule has 0 heterocycles. The van der Waals surface area contributed by atoms with Gasteiger partial charge in [0.15, 0.2) is 0 Å². The quantitative estimate of drug-likeness (QED) is 0.823. The monoisotopic (exact) mass is 237 g/mol. The number of halogens is 1. The van der Waals surface area contributed by atoms with Gasteiger partial charge in [-0.2, -0.15) is 5.26 Å². The molecule has 1 rings (SSSR count). The first kappa shape index (κ1) is 12.5. The molecule has 1 aromatic rings. The van der Waals surface area contributed by atoms with Crippen LogP contribution in [0, 0.1) is 11.3 Å². The van der Waals surface area contributed by atoms with E-state index < -0.39 is 17.9 Å². The van der Waals surface area contributed by atoms with Gasteiger partial charge in [-0.05, 0) is 17.7 Å². The maximum Gasteiger partial charge on any atom is 0.219 e. The van der Waals surface area contributed by atoms with Crippen LogP contribution in [-0.4, -0.2) is 11.9 Å². The average molecular weight is 238 g/mol. The lowest BCUT2D eigenvalue weighted by Gasteiger charge is -2.16. The van der Waals surface area contributed by atoms with E-state index in [-0.39, 0.29) is 6.42 Å². The Balaban J connectivity index is 2.86. The zero-order chi connectivity index (χ0) is 12.1. The van der Waals surface area contributed by atoms with Crippen LogP contribution in [0.3, 0.4) is 0 Å². The molecule has 5 heteroatoms. The van der Waals surface area contributed by atoms with Gasteiger partial charge in [-0.25, -0.2) is 0 Å². The smallest absolute Gasteiger partial charge is 0.219 e. The van der Waals surface area contributed by atoms with E-state index in [1.165, 1.54) is 0 Å². The summed E-state index contributed by atoms with van der Waals surface area (Å²) >= 11 is 5.74. The second-order valence-electron chi connectivity index (χ2n) is 3.49. The number of rotatable bonds is 4. The Hall–Kier alpha value is -1.57. The van der Waals surface area contributed by atoms with Crippen LogP contribution in [0.25, 0.3) is 0 Å². The highest BCUT2D eigenvalue weighted by Crippen LogP contribution is 2.21. The molecule has 2 unspecified atom stereocenters. The van der Waals surface area contributed by atoms with E-state index in [2.05, 4.69) is 6.07 Å². The van der Waals surface area contributed by atoms with Crippen molar-refractivity contribution >= 4 is 17.5 Å². The number of nitrogens with two attached hydrogens (primary N) is 2. The molecule has 0 aliphatic carbocycles. The van der Waals surface area contributed by atoms with Gasteiger partial charge in [0.05, 0.1) is 12.0 Å². The van der Waals surface area contributed by atoms with Crippen molar-refractivity contribution in [2.24, 2.45) is 11.5 Å². The molecule has 1 amide bonds. The summed E-state index contributed by atoms with van der Waals surface area (Å²) < 4.78 is 0. The van der Waals surface area contributed by atoms with Crippen molar-refractivity contribution in [3.8, 4) is 6.07 Å². The largest absolute Gasteiger partial charge is 0.370 e. The second-order valence-corrected chi connectivity index (χ2v) is 3.93. The molecular formula is C11H12ClN3O. The van der Waals surface area contributed by atoms with Crippen LogP contribution in [0.15, 0.2) is 24.3 Å². The number of carbonyl (C=O) groups excluding carboxylic acids is 1. The van der Waals surface area contributed by atoms with Crippen LogP contribution in [0.1, 0.15) is 17.9 Å². The second kappa shape index (κ2) is 5.50. The van der Waals surface area contributed by atoms with Crippen molar-refractivity contribution in [3.63, 3.8) is 0 Å². The van der Waals surface area contributed by atoms with Gasteiger partial charge < -0.3 is 11.5 Å². The van der Waals surface area contributed by atoms with Gasteiger partial charge >= 0.3 is 0 Å². The molecule has 0 aliphatic rings. The molecule has 0 aliphatic heterocycles. The molecule has 4 N–H and O–H groups in total. The van der Waals surface area contributed by atoms with E-state index in [1.807, 2.05) is 0 Å². The normalized spacial score (nSPS) is 13.8. The van der Waals surface area contributed by atoms with Gasteiger partial charge in [0.2, 0.25) is 5.91 Å². The van der Waals surface area contributed by atoms with Crippen LogP contribution in [0.4, 0.5) is 0 Å². The molecule has 0 bridgehead atoms. The van der Waals surface area contributed by atoms with Crippen LogP contribution in [-0.2, 0) is 4.79 Å². The summed E-state index contributed by atoms with van der Waals surface area (Å²) in [5.41, 5.74) is 11.5. The fourth-order valence-electron chi connectivity index (χ4n) is 1.44. The summed E-state index contributed by atoms with van der Waals surface area (Å²) in [5.74, 6) is -1.06. The van der Waals surface area contributed by atoms with E-state index in [4.69, 9.17) is 28.3 Å². The number of amides is 1. The van der Waals surface area contributed by atoms with E-state index in [1.54, 1.807) is 24.3 Å². The molecule has 0 aromatic heterocycles. The minimum atomic E-state index is -0.594. The Morgan fingerprint density at radius 3 is 2.44 bits per heavy atom. The van der Waals surface area contributed by atoms with Gasteiger partial charge in [0.1, 0.15) is 0 Å². The number of hydrogen-bond donors (Lipinski definition) is 2. The molecule has 4 nitrogen and oxygen atoms in total. The van der Waals surface area contributed by atoms with Crippen molar-refractivity contribution < 1.29 is 4.79 Å². The van der Waals surface area contributed by atoms with Crippen LogP contribution < -0.4 is 11.5 Å². The van der Waals surface area contributed by atoms with Crippen molar-refractivity contribution in [1.82, 2.24) is 0 Å². The topological polar surface area (TPSA) is 92.9 Å². The molecule has 16 heavy (non-hydrogen) atoms. The highest BCUT2D eigenvalue weighted by molar-refractivity contribution is 6.30. The van der Waals surface area contributed by atoms with Gasteiger partial charge in [0.25, 0.3) is 0 Å². The van der Waals surface area contributed by atoms with Gasteiger partial charge in [-0.15, -0.1) is 0 Å². The number of primary amides is 1. The average Bonchev–Trinajstić information content (AvgIpc) is 2.21. The van der Waals surface area contributed by atoms with E-state index >= 15 is 0 Å². The Labute approximate surface area is 98.8 Å². The Morgan fingerprint density at radius 2 is 2.00 bits per heavy atom. The van der Waals surface area contributed by atoms with Crippen molar-refractivity contribution in [2.75, 3.05) is 0 Å². The molecule has 84 valence electrons. The standard InChI is InChI=1S/C11H12ClN3O/c12-8-3-1-7(2-4-8)9(6-13)10(14)5-11(15)16/h1-4,9-10H,5,14H2,(H2,15,16). The van der Waals surface area contributed by atoms with Crippen LogP contribution in [0.5, 0.6) is 0 Å². The fourth-order valence-corrected chi connectivity index (χ4v) is 1.56. The fraction of sp³-hybridized carbons (Fsp3) is 0.273. The molecule has 0 fully saturated rings. The van der Waals surface area contributed by atoms with Crippen LogP contribution in [0.2, 0.25) is 5.02 Å². The molecular weight excluding hydrogens is 226 g/mol. The van der Waals surface area contributed by atoms with Crippen molar-refractivity contribution in [1.29, 1.82) is 5.26 Å². The first-order valence-electron chi connectivity index (χ1n) is 4.73. The number of hydrogen-bond acceptors (Lipinski definition) is 3. The number of nitriles is 1. The van der Waals surface area contributed by atoms with E-state index in [9.17, 15) is 4.79 Å². The maximum absolute atomic E-state index is 10.7. The Kier molecular flexibility index (Phi) is 4.29. The molecule has 1 aromatic carbocycles. The lowest BCUT2D eigenvalue weighted by atomic mass is 9.91. The SMILES string of the molecule is N#CC(c1ccc(Cl)cc1)C(N)CC(N)=O. The first-order chi connectivity index (χ1) is 7.54. The van der Waals surface area contributed by atoms with Gasteiger partial charge in [-0.3, -0.25) is 4.79 Å². The van der Waals surface area contributed by atoms with Crippen LogP contribution >= 0.6 is 11.6 Å². The minimum Gasteiger partial charge on any atom is -0.370 e. The number of carbonyl (C=O) groups is 1. The number of benzene rings is 1. The zero-order valence-electron chi connectivity index (χ0n) is 8.56. The molecule has 0 radical (unpaired) electrons. The third-order valence-corrected chi connectivity index (χ3v) is 2.49. The van der Waals surface area contributed by atoms with Gasteiger partial charge in [0, 0.05) is 17.5 Å². The Bertz CT molecular complexity index is 410. The van der Waals surface area contributed by atoms with Gasteiger partial charge in [-0.1, -0.05) is 23.7 Å². The lowest BCUT2D eigenvalue weighted by molar-refractivity contribution is -0.118. The molecule has 0 spiro atoms. The molecule has 0 saturated heterocycles. The molecule has 2 atom stereocenters. The molecule has 0 saturated carbocycles. The van der Waals surface area contributed by atoms with E-state index in [0.717, 1.165) is 5.56 Å². The van der Waals surface area contributed by atoms with Crippen molar-refractivity contribution in [3.05, 3.63) is 34.9 Å².